The number of rotatable bonds is 7. The molecular formula is C22H23F2N5O3. The third kappa shape index (κ3) is 5.65. The van der Waals surface area contributed by atoms with Crippen LogP contribution in [-0.4, -0.2) is 35.1 Å². The van der Waals surface area contributed by atoms with Crippen molar-refractivity contribution in [3.05, 3.63) is 59.9 Å². The van der Waals surface area contributed by atoms with Crippen LogP contribution in [0.15, 0.2) is 42.5 Å². The maximum atomic E-state index is 13.3. The van der Waals surface area contributed by atoms with Crippen molar-refractivity contribution in [3.63, 3.8) is 0 Å². The Bertz CT molecular complexity index is 1120. The van der Waals surface area contributed by atoms with Gasteiger partial charge in [-0.15, -0.1) is 0 Å². The van der Waals surface area contributed by atoms with Gasteiger partial charge in [-0.05, 0) is 30.2 Å². The number of urea groups is 1. The molecule has 0 radical (unpaired) electrons. The molecule has 1 atom stereocenters. The Kier molecular flexibility index (Phi) is 7.14. The Morgan fingerprint density at radius 1 is 1.06 bits per heavy atom. The van der Waals surface area contributed by atoms with Crippen LogP contribution in [0.5, 0.6) is 0 Å². The van der Waals surface area contributed by atoms with E-state index in [1.165, 1.54) is 7.11 Å². The number of esters is 1. The van der Waals surface area contributed by atoms with Gasteiger partial charge in [-0.3, -0.25) is 0 Å². The number of nitrogens with one attached hydrogen (secondary N) is 3. The predicted octanol–water partition coefficient (Wildman–Crippen LogP) is 3.84. The van der Waals surface area contributed by atoms with E-state index >= 15 is 0 Å². The molecule has 0 fully saturated rings. The molecule has 3 N–H and O–H groups in total. The first kappa shape index (κ1) is 22.9. The van der Waals surface area contributed by atoms with Crippen LogP contribution in [0.4, 0.5) is 25.1 Å². The van der Waals surface area contributed by atoms with Gasteiger partial charge in [0, 0.05) is 17.1 Å². The largest absolute Gasteiger partial charge is 0.467 e. The van der Waals surface area contributed by atoms with E-state index in [0.29, 0.717) is 22.8 Å². The normalized spacial score (nSPS) is 11.8. The average molecular weight is 443 g/mol. The number of ether oxygens (including phenoxy) is 1. The maximum absolute atomic E-state index is 13.3. The first-order chi connectivity index (χ1) is 15.3. The van der Waals surface area contributed by atoms with Gasteiger partial charge in [0.2, 0.25) is 0 Å². The highest BCUT2D eigenvalue weighted by Crippen LogP contribution is 2.22. The summed E-state index contributed by atoms with van der Waals surface area (Å²) in [5.41, 5.74) is 0.585. The molecule has 0 bridgehead atoms. The molecular weight excluding hydrogens is 420 g/mol. The molecule has 0 saturated carbocycles. The van der Waals surface area contributed by atoms with Crippen molar-refractivity contribution in [3.8, 4) is 0 Å². The zero-order valence-electron chi connectivity index (χ0n) is 17.8. The number of hydrogen-bond donors (Lipinski definition) is 3. The molecule has 3 rings (SSSR count). The minimum atomic E-state index is -0.806. The van der Waals surface area contributed by atoms with Gasteiger partial charge < -0.3 is 20.7 Å². The number of carbonyl (C=O) groups is 2. The molecule has 8 nitrogen and oxygen atoms in total. The van der Waals surface area contributed by atoms with Crippen LogP contribution in [-0.2, 0) is 16.1 Å². The van der Waals surface area contributed by atoms with Crippen molar-refractivity contribution in [2.24, 2.45) is 5.92 Å². The van der Waals surface area contributed by atoms with Crippen LogP contribution in [0.25, 0.3) is 10.9 Å². The van der Waals surface area contributed by atoms with Crippen LogP contribution in [0.1, 0.15) is 19.7 Å². The minimum absolute atomic E-state index is 0.0281. The second-order valence-corrected chi connectivity index (χ2v) is 7.36. The van der Waals surface area contributed by atoms with E-state index in [0.717, 1.165) is 12.1 Å². The lowest BCUT2D eigenvalue weighted by Gasteiger charge is -2.21. The predicted molar refractivity (Wildman–Crippen MR) is 116 cm³/mol. The number of benzene rings is 2. The van der Waals surface area contributed by atoms with Crippen LogP contribution >= 0.6 is 0 Å². The van der Waals surface area contributed by atoms with E-state index in [-0.39, 0.29) is 24.0 Å². The summed E-state index contributed by atoms with van der Waals surface area (Å²) >= 11 is 0. The van der Waals surface area contributed by atoms with Crippen LogP contribution in [0, 0.1) is 17.6 Å². The fraction of sp³-hybridized carbons (Fsp3) is 0.273. The highest BCUT2D eigenvalue weighted by atomic mass is 19.1. The summed E-state index contributed by atoms with van der Waals surface area (Å²) in [5, 5.41) is 8.72. The second-order valence-electron chi connectivity index (χ2n) is 7.36. The van der Waals surface area contributed by atoms with Gasteiger partial charge in [-0.1, -0.05) is 26.0 Å². The van der Waals surface area contributed by atoms with Crippen molar-refractivity contribution in [1.29, 1.82) is 0 Å². The van der Waals surface area contributed by atoms with Crippen molar-refractivity contribution in [1.82, 2.24) is 15.3 Å². The molecule has 0 saturated heterocycles. The SMILES string of the molecule is COC(=O)[C@@H](Nc1nc(CNC(=O)Nc2cc(F)cc(F)c2)nc2ccccc12)C(C)C. The van der Waals surface area contributed by atoms with Crippen molar-refractivity contribution in [2.75, 3.05) is 17.7 Å². The molecule has 1 aromatic heterocycles. The second kappa shape index (κ2) is 9.99. The summed E-state index contributed by atoms with van der Waals surface area (Å²) < 4.78 is 31.5. The number of amides is 2. The molecule has 2 amide bonds. The molecule has 0 spiro atoms. The monoisotopic (exact) mass is 443 g/mol. The van der Waals surface area contributed by atoms with E-state index in [1.54, 1.807) is 6.07 Å². The minimum Gasteiger partial charge on any atom is -0.467 e. The number of anilines is 2. The molecule has 0 aliphatic rings. The molecule has 10 heteroatoms. The topological polar surface area (TPSA) is 105 Å². The van der Waals surface area contributed by atoms with Gasteiger partial charge in [-0.2, -0.15) is 0 Å². The van der Waals surface area contributed by atoms with E-state index < -0.39 is 29.7 Å². The van der Waals surface area contributed by atoms with Gasteiger partial charge in [-0.25, -0.2) is 28.3 Å². The molecule has 32 heavy (non-hydrogen) atoms. The van der Waals surface area contributed by atoms with Gasteiger partial charge in [0.15, 0.2) is 5.82 Å². The summed E-state index contributed by atoms with van der Waals surface area (Å²) in [5.74, 6) is -1.42. The number of hydrogen-bond acceptors (Lipinski definition) is 6. The van der Waals surface area contributed by atoms with Gasteiger partial charge in [0.1, 0.15) is 23.5 Å². The molecule has 0 aliphatic heterocycles. The number of aromatic nitrogens is 2. The highest BCUT2D eigenvalue weighted by molar-refractivity contribution is 5.91. The average Bonchev–Trinajstić information content (AvgIpc) is 2.74. The molecule has 0 aliphatic carbocycles. The smallest absolute Gasteiger partial charge is 0.328 e. The quantitative estimate of drug-likeness (QED) is 0.479. The first-order valence-corrected chi connectivity index (χ1v) is 9.87. The Hall–Kier alpha value is -3.82. The highest BCUT2D eigenvalue weighted by Gasteiger charge is 2.24. The summed E-state index contributed by atoms with van der Waals surface area (Å²) in [6.45, 7) is 3.69. The summed E-state index contributed by atoms with van der Waals surface area (Å²) in [6, 6.07) is 8.61. The molecule has 168 valence electrons. The van der Waals surface area contributed by atoms with E-state index in [9.17, 15) is 18.4 Å². The van der Waals surface area contributed by atoms with Crippen molar-refractivity contribution in [2.45, 2.75) is 26.4 Å². The zero-order chi connectivity index (χ0) is 23.3. The fourth-order valence-electron chi connectivity index (χ4n) is 3.05. The van der Waals surface area contributed by atoms with Gasteiger partial charge in [0.25, 0.3) is 0 Å². The lowest BCUT2D eigenvalue weighted by Crippen LogP contribution is -2.36. The van der Waals surface area contributed by atoms with Crippen LogP contribution in [0.2, 0.25) is 0 Å². The zero-order valence-corrected chi connectivity index (χ0v) is 17.8. The van der Waals surface area contributed by atoms with E-state index in [2.05, 4.69) is 25.9 Å². The van der Waals surface area contributed by atoms with Crippen LogP contribution in [0.3, 0.4) is 0 Å². The lowest BCUT2D eigenvalue weighted by molar-refractivity contribution is -0.142. The lowest BCUT2D eigenvalue weighted by atomic mass is 10.0. The number of methoxy groups -OCH3 is 1. The van der Waals surface area contributed by atoms with Gasteiger partial charge >= 0.3 is 12.0 Å². The Labute approximate surface area is 183 Å². The summed E-state index contributed by atoms with van der Waals surface area (Å²) in [6.07, 6.45) is 0. The number of carbonyl (C=O) groups excluding carboxylic acids is 2. The number of para-hydroxylation sites is 1. The molecule has 3 aromatic rings. The molecule has 0 unspecified atom stereocenters. The summed E-state index contributed by atoms with van der Waals surface area (Å²) in [4.78, 5) is 33.2. The van der Waals surface area contributed by atoms with Crippen molar-refractivity contribution >= 4 is 34.4 Å². The maximum Gasteiger partial charge on any atom is 0.328 e. The Balaban J connectivity index is 1.79. The standard InChI is InChI=1S/C22H23F2N5O3/c1-12(2)19(21(30)32-3)29-20-16-6-4-5-7-17(16)27-18(28-20)11-25-22(31)26-15-9-13(23)8-14(24)10-15/h4-10,12,19H,11H2,1-3H3,(H2,25,26,31)(H,27,28,29)/t19-/m0/s1. The third-order valence-corrected chi connectivity index (χ3v) is 4.59. The van der Waals surface area contributed by atoms with Crippen LogP contribution < -0.4 is 16.0 Å². The summed E-state index contributed by atoms with van der Waals surface area (Å²) in [7, 11) is 1.32. The fourth-order valence-corrected chi connectivity index (χ4v) is 3.05. The van der Waals surface area contributed by atoms with E-state index in [1.807, 2.05) is 32.0 Å². The number of nitrogens with zero attached hydrogens (tertiary/aromatic N) is 2. The molecule has 2 aromatic carbocycles. The molecule has 1 heterocycles. The number of fused-ring (bicyclic) bond motifs is 1. The Morgan fingerprint density at radius 2 is 1.75 bits per heavy atom. The van der Waals surface area contributed by atoms with Gasteiger partial charge in [0.05, 0.1) is 19.2 Å². The third-order valence-electron chi connectivity index (χ3n) is 4.59. The first-order valence-electron chi connectivity index (χ1n) is 9.87. The van der Waals surface area contributed by atoms with Crippen molar-refractivity contribution < 1.29 is 23.1 Å². The van der Waals surface area contributed by atoms with E-state index in [4.69, 9.17) is 4.74 Å². The number of halogens is 2. The Morgan fingerprint density at radius 3 is 2.41 bits per heavy atom.